The van der Waals surface area contributed by atoms with E-state index in [1.165, 1.54) is 0 Å². The summed E-state index contributed by atoms with van der Waals surface area (Å²) in [6.07, 6.45) is 3.65. The zero-order chi connectivity index (χ0) is 20.8. The first kappa shape index (κ1) is 21.1. The zero-order valence-corrected chi connectivity index (χ0v) is 17.4. The first-order chi connectivity index (χ1) is 14.0. The third-order valence-electron chi connectivity index (χ3n) is 5.97. The van der Waals surface area contributed by atoms with Crippen LogP contribution in [-0.4, -0.2) is 66.9 Å². The molecule has 7 heteroatoms. The average molecular weight is 402 g/mol. The highest BCUT2D eigenvalue weighted by Crippen LogP contribution is 2.30. The maximum atomic E-state index is 12.9. The number of hydrogen-bond acceptors (Lipinski definition) is 4. The van der Waals surface area contributed by atoms with Gasteiger partial charge in [0.25, 0.3) is 0 Å². The van der Waals surface area contributed by atoms with Crippen molar-refractivity contribution < 1.29 is 19.1 Å². The molecule has 3 rings (SSSR count). The highest BCUT2D eigenvalue weighted by molar-refractivity contribution is 5.82. The van der Waals surface area contributed by atoms with E-state index in [1.54, 1.807) is 18.9 Å². The van der Waals surface area contributed by atoms with Crippen LogP contribution in [0.2, 0.25) is 0 Å². The van der Waals surface area contributed by atoms with Gasteiger partial charge in [-0.25, -0.2) is 0 Å². The van der Waals surface area contributed by atoms with Crippen LogP contribution >= 0.6 is 0 Å². The topological polar surface area (TPSA) is 79.0 Å². The largest absolute Gasteiger partial charge is 0.497 e. The Morgan fingerprint density at radius 3 is 2.76 bits per heavy atom. The van der Waals surface area contributed by atoms with Gasteiger partial charge in [0, 0.05) is 39.1 Å². The number of ether oxygens (including phenoxy) is 1. The Morgan fingerprint density at radius 1 is 1.17 bits per heavy atom. The summed E-state index contributed by atoms with van der Waals surface area (Å²) in [5.41, 5.74) is 0.896. The maximum absolute atomic E-state index is 12.9. The van der Waals surface area contributed by atoms with Crippen molar-refractivity contribution in [2.24, 2.45) is 5.92 Å². The molecule has 2 unspecified atom stereocenters. The molecule has 2 atom stereocenters. The van der Waals surface area contributed by atoms with E-state index in [0.29, 0.717) is 32.6 Å². The molecule has 29 heavy (non-hydrogen) atoms. The molecule has 0 radical (unpaired) electrons. The summed E-state index contributed by atoms with van der Waals surface area (Å²) in [5, 5.41) is 2.99. The molecule has 0 spiro atoms. The van der Waals surface area contributed by atoms with E-state index in [1.807, 2.05) is 29.2 Å². The number of fused-ring (bicyclic) bond motifs is 1. The number of amides is 3. The maximum Gasteiger partial charge on any atom is 0.227 e. The Balaban J connectivity index is 1.69. The van der Waals surface area contributed by atoms with Gasteiger partial charge in [0.2, 0.25) is 17.7 Å². The normalized spacial score (nSPS) is 23.0. The standard InChI is InChI=1S/C22H31N3O4/c1-16(26)25-12-5-11-24(13-10-23-22(28)19-8-4-9-20(19)25)21(27)15-17-6-3-7-18(14-17)29-2/h3,6-7,14,19-20H,4-5,8-13,15H2,1-2H3,(H,23,28). The van der Waals surface area contributed by atoms with Gasteiger partial charge in [-0.3, -0.25) is 14.4 Å². The van der Waals surface area contributed by atoms with Crippen molar-refractivity contribution in [3.05, 3.63) is 29.8 Å². The molecule has 7 nitrogen and oxygen atoms in total. The molecule has 0 bridgehead atoms. The summed E-state index contributed by atoms with van der Waals surface area (Å²) in [5.74, 6) is 0.604. The predicted octanol–water partition coefficient (Wildman–Crippen LogP) is 1.60. The summed E-state index contributed by atoms with van der Waals surface area (Å²) in [6, 6.07) is 7.48. The molecule has 1 aliphatic carbocycles. The molecule has 3 amide bonds. The predicted molar refractivity (Wildman–Crippen MR) is 109 cm³/mol. The van der Waals surface area contributed by atoms with Gasteiger partial charge in [0.05, 0.1) is 19.4 Å². The lowest BCUT2D eigenvalue weighted by Crippen LogP contribution is -2.46. The summed E-state index contributed by atoms with van der Waals surface area (Å²) in [6.45, 7) is 3.63. The average Bonchev–Trinajstić information content (AvgIpc) is 3.17. The third kappa shape index (κ3) is 5.28. The quantitative estimate of drug-likeness (QED) is 0.835. The Hall–Kier alpha value is -2.57. The number of nitrogens with one attached hydrogen (secondary N) is 1. The molecule has 158 valence electrons. The molecule has 0 aromatic heterocycles. The van der Waals surface area contributed by atoms with Crippen LogP contribution in [0.15, 0.2) is 24.3 Å². The number of hydrogen-bond donors (Lipinski definition) is 1. The van der Waals surface area contributed by atoms with E-state index in [0.717, 1.165) is 30.6 Å². The Bertz CT molecular complexity index is 751. The van der Waals surface area contributed by atoms with Gasteiger partial charge in [-0.1, -0.05) is 18.6 Å². The van der Waals surface area contributed by atoms with Gasteiger partial charge in [0.15, 0.2) is 0 Å². The molecule has 1 aromatic carbocycles. The van der Waals surface area contributed by atoms with Gasteiger partial charge in [-0.2, -0.15) is 0 Å². The van der Waals surface area contributed by atoms with Gasteiger partial charge in [0.1, 0.15) is 5.75 Å². The number of carbonyl (C=O) groups excluding carboxylic acids is 3. The molecule has 1 N–H and O–H groups in total. The molecular formula is C22H31N3O4. The molecular weight excluding hydrogens is 370 g/mol. The van der Waals surface area contributed by atoms with Crippen molar-refractivity contribution in [3.63, 3.8) is 0 Å². The number of carbonyl (C=O) groups is 3. The van der Waals surface area contributed by atoms with Crippen molar-refractivity contribution in [1.29, 1.82) is 0 Å². The summed E-state index contributed by atoms with van der Waals surface area (Å²) in [7, 11) is 1.60. The number of methoxy groups -OCH3 is 1. The Labute approximate surface area is 172 Å². The van der Waals surface area contributed by atoms with Crippen LogP contribution in [0, 0.1) is 5.92 Å². The monoisotopic (exact) mass is 401 g/mol. The molecule has 1 saturated carbocycles. The SMILES string of the molecule is COc1cccc(CC(=O)N2CCCN(C(C)=O)C3CCCC3C(=O)NCC2)c1. The second-order valence-corrected chi connectivity index (χ2v) is 7.87. The van der Waals surface area contributed by atoms with Crippen molar-refractivity contribution in [3.8, 4) is 5.75 Å². The lowest BCUT2D eigenvalue weighted by Gasteiger charge is -2.31. The van der Waals surface area contributed by atoms with E-state index in [4.69, 9.17) is 4.74 Å². The first-order valence-corrected chi connectivity index (χ1v) is 10.4. The van der Waals surface area contributed by atoms with Gasteiger partial charge in [-0.05, 0) is 37.0 Å². The van der Waals surface area contributed by atoms with E-state index >= 15 is 0 Å². The molecule has 1 saturated heterocycles. The minimum atomic E-state index is -0.141. The first-order valence-electron chi connectivity index (χ1n) is 10.4. The number of rotatable bonds is 3. The molecule has 1 heterocycles. The van der Waals surface area contributed by atoms with Crippen LogP contribution in [-0.2, 0) is 20.8 Å². The van der Waals surface area contributed by atoms with E-state index in [-0.39, 0.29) is 36.1 Å². The third-order valence-corrected chi connectivity index (χ3v) is 5.97. The Morgan fingerprint density at radius 2 is 2.00 bits per heavy atom. The van der Waals surface area contributed by atoms with Gasteiger partial charge >= 0.3 is 0 Å². The number of benzene rings is 1. The van der Waals surface area contributed by atoms with Crippen molar-refractivity contribution in [2.75, 3.05) is 33.3 Å². The second kappa shape index (κ2) is 9.76. The summed E-state index contributed by atoms with van der Waals surface area (Å²) < 4.78 is 5.24. The minimum Gasteiger partial charge on any atom is -0.497 e. The highest BCUT2D eigenvalue weighted by Gasteiger charge is 2.38. The van der Waals surface area contributed by atoms with E-state index in [2.05, 4.69) is 5.32 Å². The van der Waals surface area contributed by atoms with Crippen molar-refractivity contribution in [1.82, 2.24) is 15.1 Å². The van der Waals surface area contributed by atoms with Gasteiger partial charge in [-0.15, -0.1) is 0 Å². The van der Waals surface area contributed by atoms with Crippen LogP contribution in [0.3, 0.4) is 0 Å². The Kier molecular flexibility index (Phi) is 7.12. The fourth-order valence-electron chi connectivity index (χ4n) is 4.48. The number of nitrogens with zero attached hydrogens (tertiary/aromatic N) is 2. The highest BCUT2D eigenvalue weighted by atomic mass is 16.5. The lowest BCUT2D eigenvalue weighted by molar-refractivity contribution is -0.134. The molecule has 1 aromatic rings. The van der Waals surface area contributed by atoms with Crippen LogP contribution in [0.5, 0.6) is 5.75 Å². The second-order valence-electron chi connectivity index (χ2n) is 7.87. The van der Waals surface area contributed by atoms with Gasteiger partial charge < -0.3 is 19.9 Å². The van der Waals surface area contributed by atoms with Crippen LogP contribution in [0.1, 0.15) is 38.2 Å². The van der Waals surface area contributed by atoms with Crippen LogP contribution < -0.4 is 10.1 Å². The van der Waals surface area contributed by atoms with Crippen molar-refractivity contribution >= 4 is 17.7 Å². The molecule has 2 aliphatic rings. The smallest absolute Gasteiger partial charge is 0.227 e. The van der Waals surface area contributed by atoms with E-state index < -0.39 is 0 Å². The fraction of sp³-hybridized carbons (Fsp3) is 0.591. The molecule has 2 fully saturated rings. The summed E-state index contributed by atoms with van der Waals surface area (Å²) in [4.78, 5) is 41.4. The van der Waals surface area contributed by atoms with Crippen molar-refractivity contribution in [2.45, 2.75) is 45.1 Å². The molecule has 1 aliphatic heterocycles. The lowest BCUT2D eigenvalue weighted by atomic mass is 10.0. The minimum absolute atomic E-state index is 0.000782. The van der Waals surface area contributed by atoms with Crippen LogP contribution in [0.25, 0.3) is 0 Å². The zero-order valence-electron chi connectivity index (χ0n) is 17.4. The van der Waals surface area contributed by atoms with E-state index in [9.17, 15) is 14.4 Å². The summed E-state index contributed by atoms with van der Waals surface area (Å²) >= 11 is 0. The fourth-order valence-corrected chi connectivity index (χ4v) is 4.48. The van der Waals surface area contributed by atoms with Crippen LogP contribution in [0.4, 0.5) is 0 Å².